The maximum Gasteiger partial charge on any atom is 0.240 e. The maximum atomic E-state index is 13.5. The summed E-state index contributed by atoms with van der Waals surface area (Å²) in [4.78, 5) is -0.226. The molecule has 1 unspecified atom stereocenters. The van der Waals surface area contributed by atoms with E-state index in [-0.39, 0.29) is 28.6 Å². The molecule has 1 aromatic rings. The number of benzene rings is 1. The van der Waals surface area contributed by atoms with Gasteiger partial charge in [-0.3, -0.25) is 0 Å². The van der Waals surface area contributed by atoms with Crippen molar-refractivity contribution in [1.29, 1.82) is 0 Å². The predicted molar refractivity (Wildman–Crippen MR) is 69.5 cm³/mol. The summed E-state index contributed by atoms with van der Waals surface area (Å²) in [5, 5.41) is 9.63. The van der Waals surface area contributed by atoms with Crippen LogP contribution in [-0.2, 0) is 10.0 Å². The van der Waals surface area contributed by atoms with Crippen LogP contribution in [0.5, 0.6) is 0 Å². The lowest BCUT2D eigenvalue weighted by Gasteiger charge is -2.12. The van der Waals surface area contributed by atoms with Crippen molar-refractivity contribution in [2.75, 3.05) is 12.3 Å². The Bertz CT molecular complexity index is 562. The normalized spacial score (nSPS) is 17.4. The summed E-state index contributed by atoms with van der Waals surface area (Å²) >= 11 is 0. The molecular weight excluding hydrogens is 271 g/mol. The van der Waals surface area contributed by atoms with Crippen molar-refractivity contribution in [1.82, 2.24) is 4.72 Å². The summed E-state index contributed by atoms with van der Waals surface area (Å²) in [6.45, 7) is 1.41. The molecule has 1 aliphatic rings. The maximum absolute atomic E-state index is 13.5. The smallest absolute Gasteiger partial charge is 0.240 e. The molecule has 0 spiro atoms. The fraction of sp³-hybridized carbons (Fsp3) is 0.500. The summed E-state index contributed by atoms with van der Waals surface area (Å²) in [5.74, 6) is -0.495. The van der Waals surface area contributed by atoms with E-state index in [9.17, 15) is 17.9 Å². The summed E-state index contributed by atoms with van der Waals surface area (Å²) in [5.41, 5.74) is 5.86. The van der Waals surface area contributed by atoms with Crippen LogP contribution in [0.3, 0.4) is 0 Å². The summed E-state index contributed by atoms with van der Waals surface area (Å²) in [6.07, 6.45) is 1.13. The Morgan fingerprint density at radius 1 is 1.53 bits per heavy atom. The van der Waals surface area contributed by atoms with Gasteiger partial charge in [-0.05, 0) is 37.8 Å². The molecule has 5 nitrogen and oxygen atoms in total. The minimum atomic E-state index is -3.85. The standard InChI is InChI=1S/C12H17FN2O3S/c1-7-10(13)4-9(5-11(7)14)19(17,18)15-6-12(16)8-2-3-8/h4-5,8,12,15-16H,2-3,6,14H2,1H3. The monoisotopic (exact) mass is 288 g/mol. The fourth-order valence-electron chi connectivity index (χ4n) is 1.76. The Balaban J connectivity index is 2.14. The molecule has 0 bridgehead atoms. The van der Waals surface area contributed by atoms with Gasteiger partial charge in [0.2, 0.25) is 10.0 Å². The van der Waals surface area contributed by atoms with Gasteiger partial charge >= 0.3 is 0 Å². The quantitative estimate of drug-likeness (QED) is 0.698. The molecule has 1 saturated carbocycles. The first-order valence-electron chi connectivity index (χ1n) is 6.04. The van der Waals surface area contributed by atoms with E-state index in [0.29, 0.717) is 0 Å². The van der Waals surface area contributed by atoms with Gasteiger partial charge in [0, 0.05) is 17.8 Å². The van der Waals surface area contributed by atoms with Crippen LogP contribution >= 0.6 is 0 Å². The average Bonchev–Trinajstić information content (AvgIpc) is 3.16. The largest absolute Gasteiger partial charge is 0.398 e. The molecule has 0 amide bonds. The molecule has 106 valence electrons. The molecule has 1 atom stereocenters. The number of rotatable bonds is 5. The number of hydrogen-bond acceptors (Lipinski definition) is 4. The van der Waals surface area contributed by atoms with Crippen molar-refractivity contribution in [2.45, 2.75) is 30.8 Å². The summed E-state index contributed by atoms with van der Waals surface area (Å²) < 4.78 is 39.7. The second-order valence-electron chi connectivity index (χ2n) is 4.88. The van der Waals surface area contributed by atoms with Gasteiger partial charge in [0.05, 0.1) is 11.0 Å². The highest BCUT2D eigenvalue weighted by Gasteiger charge is 2.30. The molecular formula is C12H17FN2O3S. The van der Waals surface area contributed by atoms with Crippen molar-refractivity contribution >= 4 is 15.7 Å². The zero-order chi connectivity index (χ0) is 14.2. The van der Waals surface area contributed by atoms with Gasteiger partial charge in [-0.2, -0.15) is 0 Å². The Hall–Kier alpha value is -1.18. The molecule has 19 heavy (non-hydrogen) atoms. The van der Waals surface area contributed by atoms with E-state index in [0.717, 1.165) is 18.9 Å². The van der Waals surface area contributed by atoms with Gasteiger partial charge < -0.3 is 10.8 Å². The van der Waals surface area contributed by atoms with Crippen molar-refractivity contribution < 1.29 is 17.9 Å². The van der Waals surface area contributed by atoms with Gasteiger partial charge in [0.25, 0.3) is 0 Å². The van der Waals surface area contributed by atoms with Gasteiger partial charge in [0.1, 0.15) is 5.82 Å². The third-order valence-corrected chi connectivity index (χ3v) is 4.72. The van der Waals surface area contributed by atoms with Gasteiger partial charge in [-0.25, -0.2) is 17.5 Å². The first kappa shape index (κ1) is 14.2. The molecule has 1 aromatic carbocycles. The van der Waals surface area contributed by atoms with E-state index in [1.165, 1.54) is 13.0 Å². The number of hydrogen-bond donors (Lipinski definition) is 3. The second kappa shape index (κ2) is 5.07. The number of nitrogens with two attached hydrogens (primary N) is 1. The van der Waals surface area contributed by atoms with Gasteiger partial charge in [-0.15, -0.1) is 0 Å². The molecule has 4 N–H and O–H groups in total. The van der Waals surface area contributed by atoms with Gasteiger partial charge in [-0.1, -0.05) is 0 Å². The lowest BCUT2D eigenvalue weighted by atomic mass is 10.2. The Labute approximate surface area is 111 Å². The van der Waals surface area contributed by atoms with Crippen molar-refractivity contribution in [3.05, 3.63) is 23.5 Å². The Morgan fingerprint density at radius 3 is 2.68 bits per heavy atom. The van der Waals surface area contributed by atoms with Crippen LogP contribution in [0.15, 0.2) is 17.0 Å². The van der Waals surface area contributed by atoms with Crippen LogP contribution in [-0.4, -0.2) is 26.2 Å². The van der Waals surface area contributed by atoms with E-state index < -0.39 is 21.9 Å². The van der Waals surface area contributed by atoms with E-state index in [4.69, 9.17) is 5.73 Å². The third kappa shape index (κ3) is 3.23. The van der Waals surface area contributed by atoms with Crippen LogP contribution in [0.25, 0.3) is 0 Å². The molecule has 1 aliphatic carbocycles. The van der Waals surface area contributed by atoms with Crippen molar-refractivity contribution in [3.8, 4) is 0 Å². The number of anilines is 1. The van der Waals surface area contributed by atoms with Crippen molar-refractivity contribution in [2.24, 2.45) is 5.92 Å². The summed E-state index contributed by atoms with van der Waals surface area (Å²) in [7, 11) is -3.85. The average molecular weight is 288 g/mol. The first-order chi connectivity index (χ1) is 8.81. The topological polar surface area (TPSA) is 92.4 Å². The lowest BCUT2D eigenvalue weighted by Crippen LogP contribution is -2.33. The number of aliphatic hydroxyl groups is 1. The number of sulfonamides is 1. The summed E-state index contributed by atoms with van der Waals surface area (Å²) in [6, 6.07) is 2.14. The minimum Gasteiger partial charge on any atom is -0.398 e. The van der Waals surface area contributed by atoms with Gasteiger partial charge in [0.15, 0.2) is 0 Å². The lowest BCUT2D eigenvalue weighted by molar-refractivity contribution is 0.155. The van der Waals surface area contributed by atoms with Crippen molar-refractivity contribution in [3.63, 3.8) is 0 Å². The molecule has 1 fully saturated rings. The molecule has 0 aromatic heterocycles. The van der Waals surface area contributed by atoms with E-state index >= 15 is 0 Å². The van der Waals surface area contributed by atoms with Crippen LogP contribution in [0.2, 0.25) is 0 Å². The fourth-order valence-corrected chi connectivity index (χ4v) is 2.85. The van der Waals surface area contributed by atoms with Crippen LogP contribution in [0, 0.1) is 18.7 Å². The highest BCUT2D eigenvalue weighted by atomic mass is 32.2. The molecule has 0 saturated heterocycles. The van der Waals surface area contributed by atoms with Crippen LogP contribution in [0.4, 0.5) is 10.1 Å². The number of aliphatic hydroxyl groups excluding tert-OH is 1. The SMILES string of the molecule is Cc1c(N)cc(S(=O)(=O)NCC(O)C2CC2)cc1F. The van der Waals surface area contributed by atoms with E-state index in [1.54, 1.807) is 0 Å². The third-order valence-electron chi connectivity index (χ3n) is 3.32. The highest BCUT2D eigenvalue weighted by Crippen LogP contribution is 2.32. The first-order valence-corrected chi connectivity index (χ1v) is 7.53. The van der Waals surface area contributed by atoms with Crippen LogP contribution < -0.4 is 10.5 Å². The molecule has 0 radical (unpaired) electrons. The highest BCUT2D eigenvalue weighted by molar-refractivity contribution is 7.89. The zero-order valence-electron chi connectivity index (χ0n) is 10.6. The van der Waals surface area contributed by atoms with E-state index in [1.807, 2.05) is 0 Å². The minimum absolute atomic E-state index is 0.0671. The number of nitrogens with one attached hydrogen (secondary N) is 1. The molecule has 7 heteroatoms. The Kier molecular flexibility index (Phi) is 3.80. The zero-order valence-corrected chi connectivity index (χ0v) is 11.4. The van der Waals surface area contributed by atoms with E-state index in [2.05, 4.69) is 4.72 Å². The second-order valence-corrected chi connectivity index (χ2v) is 6.64. The molecule has 0 heterocycles. The molecule has 2 rings (SSSR count). The number of nitrogen functional groups attached to an aromatic ring is 1. The number of halogens is 1. The van der Waals surface area contributed by atoms with Crippen LogP contribution in [0.1, 0.15) is 18.4 Å². The predicted octanol–water partition coefficient (Wildman–Crippen LogP) is 0.766. The molecule has 0 aliphatic heterocycles. The Morgan fingerprint density at radius 2 is 2.16 bits per heavy atom.